The molecule has 0 atom stereocenters. The Labute approximate surface area is 155 Å². The van der Waals surface area contributed by atoms with Gasteiger partial charge in [0, 0.05) is 17.6 Å². The highest BCUT2D eigenvalue weighted by Gasteiger charge is 2.11. The first-order valence-corrected chi connectivity index (χ1v) is 8.20. The Morgan fingerprint density at radius 1 is 1.12 bits per heavy atom. The lowest BCUT2D eigenvalue weighted by Crippen LogP contribution is -2.16. The van der Waals surface area contributed by atoms with Crippen LogP contribution in [0.4, 0.5) is 11.4 Å². The topological polar surface area (TPSA) is 88.9 Å². The van der Waals surface area contributed by atoms with E-state index in [0.717, 1.165) is 5.56 Å². The summed E-state index contributed by atoms with van der Waals surface area (Å²) in [4.78, 5) is 27.4. The van der Waals surface area contributed by atoms with E-state index in [1.54, 1.807) is 53.5 Å². The van der Waals surface area contributed by atoms with Crippen molar-refractivity contribution in [3.63, 3.8) is 0 Å². The van der Waals surface area contributed by atoms with Gasteiger partial charge in [0.15, 0.2) is 0 Å². The Bertz CT molecular complexity index is 923. The molecule has 1 heterocycles. The average molecular weight is 370 g/mol. The van der Waals surface area contributed by atoms with Gasteiger partial charge in [0.1, 0.15) is 12.7 Å². The second-order valence-corrected chi connectivity index (χ2v) is 6.04. The Hall–Kier alpha value is -3.19. The summed E-state index contributed by atoms with van der Waals surface area (Å²) in [5.41, 5.74) is 2.72. The minimum absolute atomic E-state index is 0.142. The van der Waals surface area contributed by atoms with E-state index in [2.05, 4.69) is 20.7 Å². The molecule has 2 amide bonds. The molecule has 8 heteroatoms. The zero-order valence-electron chi connectivity index (χ0n) is 13.9. The predicted octanol–water partition coefficient (Wildman–Crippen LogP) is 3.06. The van der Waals surface area contributed by atoms with Crippen LogP contribution in [0.5, 0.6) is 0 Å². The molecule has 0 saturated carbocycles. The number of rotatable bonds is 5. The van der Waals surface area contributed by atoms with Gasteiger partial charge in [0.2, 0.25) is 11.8 Å². The molecule has 2 N–H and O–H groups in total. The largest absolute Gasteiger partial charge is 0.326 e. The summed E-state index contributed by atoms with van der Waals surface area (Å²) in [5.74, 6) is -0.335. The molecule has 0 radical (unpaired) electrons. The average Bonchev–Trinajstić information content (AvgIpc) is 3.10. The molecule has 0 unspecified atom stereocenters. The highest BCUT2D eigenvalue weighted by molar-refractivity contribution is 6.31. The minimum Gasteiger partial charge on any atom is -0.326 e. The van der Waals surface area contributed by atoms with Gasteiger partial charge in [-0.3, -0.25) is 9.59 Å². The monoisotopic (exact) mass is 369 g/mol. The fourth-order valence-electron chi connectivity index (χ4n) is 2.43. The Morgan fingerprint density at radius 3 is 2.54 bits per heavy atom. The van der Waals surface area contributed by atoms with Crippen molar-refractivity contribution in [2.24, 2.45) is 0 Å². The fraction of sp³-hybridized carbons (Fsp3) is 0.111. The number of hydrogen-bond acceptors (Lipinski definition) is 4. The molecular formula is C18H16ClN5O2. The second-order valence-electron chi connectivity index (χ2n) is 5.60. The van der Waals surface area contributed by atoms with Gasteiger partial charge in [0.05, 0.1) is 17.8 Å². The Kier molecular flexibility index (Phi) is 5.28. The number of benzene rings is 2. The van der Waals surface area contributed by atoms with E-state index < -0.39 is 0 Å². The van der Waals surface area contributed by atoms with Crippen molar-refractivity contribution in [2.45, 2.75) is 13.3 Å². The molecule has 7 nitrogen and oxygen atoms in total. The van der Waals surface area contributed by atoms with Gasteiger partial charge in [-0.2, -0.15) is 5.10 Å². The number of amides is 2. The fourth-order valence-corrected chi connectivity index (χ4v) is 2.60. The highest BCUT2D eigenvalue weighted by atomic mass is 35.5. The molecular weight excluding hydrogens is 354 g/mol. The van der Waals surface area contributed by atoms with Gasteiger partial charge in [-0.05, 0) is 35.9 Å². The molecule has 3 aromatic rings. The third-order valence-electron chi connectivity index (χ3n) is 3.54. The smallest absolute Gasteiger partial charge is 0.228 e. The lowest BCUT2D eigenvalue weighted by Gasteiger charge is -2.11. The summed E-state index contributed by atoms with van der Waals surface area (Å²) < 4.78 is 1.55. The molecule has 0 aliphatic carbocycles. The molecule has 0 saturated heterocycles. The number of halogens is 1. The van der Waals surface area contributed by atoms with Gasteiger partial charge in [-0.25, -0.2) is 9.67 Å². The summed E-state index contributed by atoms with van der Waals surface area (Å²) >= 11 is 6.05. The van der Waals surface area contributed by atoms with E-state index in [1.165, 1.54) is 13.3 Å². The summed E-state index contributed by atoms with van der Waals surface area (Å²) in [7, 11) is 0. The van der Waals surface area contributed by atoms with Crippen molar-refractivity contribution < 1.29 is 9.59 Å². The Morgan fingerprint density at radius 2 is 1.88 bits per heavy atom. The van der Waals surface area contributed by atoms with Crippen LogP contribution >= 0.6 is 11.6 Å². The van der Waals surface area contributed by atoms with Gasteiger partial charge >= 0.3 is 0 Å². The molecule has 3 rings (SSSR count). The van der Waals surface area contributed by atoms with Crippen molar-refractivity contribution >= 4 is 34.8 Å². The number of nitrogens with zero attached hydrogens (tertiary/aromatic N) is 3. The van der Waals surface area contributed by atoms with Gasteiger partial charge in [0.25, 0.3) is 0 Å². The Balaban J connectivity index is 1.72. The van der Waals surface area contributed by atoms with Crippen molar-refractivity contribution in [3.05, 3.63) is 65.7 Å². The molecule has 132 valence electrons. The molecule has 26 heavy (non-hydrogen) atoms. The zero-order valence-corrected chi connectivity index (χ0v) is 14.7. The van der Waals surface area contributed by atoms with E-state index in [0.29, 0.717) is 22.1 Å². The maximum Gasteiger partial charge on any atom is 0.228 e. The van der Waals surface area contributed by atoms with Gasteiger partial charge in [-0.15, -0.1) is 0 Å². The van der Waals surface area contributed by atoms with Crippen LogP contribution in [0.25, 0.3) is 5.69 Å². The molecule has 0 spiro atoms. The SMILES string of the molecule is CC(=O)Nc1ccc(CC(=O)Nc2cc(Cl)ccc2-n2cncn2)cc1. The van der Waals surface area contributed by atoms with Crippen LogP contribution in [0.1, 0.15) is 12.5 Å². The summed E-state index contributed by atoms with van der Waals surface area (Å²) in [6, 6.07) is 12.2. The van der Waals surface area contributed by atoms with E-state index >= 15 is 0 Å². The first-order chi connectivity index (χ1) is 12.5. The van der Waals surface area contributed by atoms with Crippen LogP contribution in [-0.4, -0.2) is 26.6 Å². The van der Waals surface area contributed by atoms with Crippen molar-refractivity contribution in [3.8, 4) is 5.69 Å². The van der Waals surface area contributed by atoms with E-state index in [1.807, 2.05) is 0 Å². The van der Waals surface area contributed by atoms with E-state index in [-0.39, 0.29) is 18.2 Å². The normalized spacial score (nSPS) is 10.4. The lowest BCUT2D eigenvalue weighted by molar-refractivity contribution is -0.116. The maximum absolute atomic E-state index is 12.4. The van der Waals surface area contributed by atoms with Crippen LogP contribution < -0.4 is 10.6 Å². The number of nitrogens with one attached hydrogen (secondary N) is 2. The van der Waals surface area contributed by atoms with Crippen LogP contribution in [0, 0.1) is 0 Å². The van der Waals surface area contributed by atoms with E-state index in [9.17, 15) is 9.59 Å². The van der Waals surface area contributed by atoms with Crippen LogP contribution in [0.15, 0.2) is 55.1 Å². The van der Waals surface area contributed by atoms with Gasteiger partial charge < -0.3 is 10.6 Å². The number of hydrogen-bond donors (Lipinski definition) is 2. The summed E-state index contributed by atoms with van der Waals surface area (Å²) in [5, 5.41) is 10.1. The third-order valence-corrected chi connectivity index (χ3v) is 3.77. The number of anilines is 2. The van der Waals surface area contributed by atoms with E-state index in [4.69, 9.17) is 11.6 Å². The molecule has 1 aromatic heterocycles. The molecule has 2 aromatic carbocycles. The summed E-state index contributed by atoms with van der Waals surface area (Å²) in [6.45, 7) is 1.44. The minimum atomic E-state index is -0.194. The molecule has 0 aliphatic heterocycles. The zero-order chi connectivity index (χ0) is 18.5. The van der Waals surface area contributed by atoms with Crippen LogP contribution in [0.3, 0.4) is 0 Å². The molecule has 0 aliphatic rings. The quantitative estimate of drug-likeness (QED) is 0.723. The molecule has 0 bridgehead atoms. The van der Waals surface area contributed by atoms with Crippen LogP contribution in [-0.2, 0) is 16.0 Å². The van der Waals surface area contributed by atoms with Gasteiger partial charge in [-0.1, -0.05) is 23.7 Å². The van der Waals surface area contributed by atoms with Crippen molar-refractivity contribution in [1.29, 1.82) is 0 Å². The number of carbonyl (C=O) groups excluding carboxylic acids is 2. The van der Waals surface area contributed by atoms with Crippen molar-refractivity contribution in [1.82, 2.24) is 14.8 Å². The summed E-state index contributed by atoms with van der Waals surface area (Å²) in [6.07, 6.45) is 3.14. The second kappa shape index (κ2) is 7.79. The molecule has 0 fully saturated rings. The van der Waals surface area contributed by atoms with Crippen molar-refractivity contribution in [2.75, 3.05) is 10.6 Å². The number of aromatic nitrogens is 3. The lowest BCUT2D eigenvalue weighted by atomic mass is 10.1. The predicted molar refractivity (Wildman–Crippen MR) is 99.4 cm³/mol. The number of carbonyl (C=O) groups is 2. The van der Waals surface area contributed by atoms with Crippen LogP contribution in [0.2, 0.25) is 5.02 Å². The first-order valence-electron chi connectivity index (χ1n) is 7.82. The third kappa shape index (κ3) is 4.46. The standard InChI is InChI=1S/C18H16ClN5O2/c1-12(25)22-15-5-2-13(3-6-15)8-18(26)23-16-9-14(19)4-7-17(16)24-11-20-10-21-24/h2-7,9-11H,8H2,1H3,(H,22,25)(H,23,26). The highest BCUT2D eigenvalue weighted by Crippen LogP contribution is 2.24. The maximum atomic E-state index is 12.4. The first kappa shape index (κ1) is 17.6.